The number of hydrogen-bond acceptors (Lipinski definition) is 5. The average Bonchev–Trinajstić information content (AvgIpc) is 2.75. The maximum atomic E-state index is 11.6. The zero-order valence-electron chi connectivity index (χ0n) is 9.32. The largest absolute Gasteiger partial charge is 0.464 e. The van der Waals surface area contributed by atoms with Crippen LogP contribution in [0.15, 0.2) is 29.3 Å². The molecule has 0 aliphatic rings. The SMILES string of the molecule is COC(=O)c1ccc(=O)n(-c2cnn(C)c2)n1. The first-order valence-corrected chi connectivity index (χ1v) is 4.79. The molecule has 2 heterocycles. The van der Waals surface area contributed by atoms with Gasteiger partial charge in [-0.2, -0.15) is 14.9 Å². The average molecular weight is 234 g/mol. The van der Waals surface area contributed by atoms with Gasteiger partial charge in [-0.25, -0.2) is 4.79 Å². The van der Waals surface area contributed by atoms with E-state index in [9.17, 15) is 9.59 Å². The van der Waals surface area contributed by atoms with Crippen LogP contribution in [0.3, 0.4) is 0 Å². The Bertz CT molecular complexity index is 614. The highest BCUT2D eigenvalue weighted by Crippen LogP contribution is 2.01. The molecular formula is C10H10N4O3. The monoisotopic (exact) mass is 234 g/mol. The van der Waals surface area contributed by atoms with Crippen LogP contribution in [0.1, 0.15) is 10.5 Å². The van der Waals surface area contributed by atoms with E-state index in [0.717, 1.165) is 4.68 Å². The molecule has 0 N–H and O–H groups in total. The second-order valence-corrected chi connectivity index (χ2v) is 3.33. The molecule has 17 heavy (non-hydrogen) atoms. The van der Waals surface area contributed by atoms with Gasteiger partial charge < -0.3 is 4.74 Å². The molecule has 0 saturated carbocycles. The second kappa shape index (κ2) is 4.20. The molecule has 0 saturated heterocycles. The quantitative estimate of drug-likeness (QED) is 0.669. The normalized spacial score (nSPS) is 10.2. The standard InChI is InChI=1S/C10H10N4O3/c1-13-6-7(5-11-13)14-9(15)4-3-8(12-14)10(16)17-2/h3-6H,1-2H3. The van der Waals surface area contributed by atoms with Crippen molar-refractivity contribution >= 4 is 5.97 Å². The summed E-state index contributed by atoms with van der Waals surface area (Å²) in [7, 11) is 2.97. The molecule has 0 bridgehead atoms. The number of aryl methyl sites for hydroxylation is 1. The highest BCUT2D eigenvalue weighted by Gasteiger charge is 2.11. The number of hydrogen-bond donors (Lipinski definition) is 0. The van der Waals surface area contributed by atoms with E-state index in [-0.39, 0.29) is 11.3 Å². The number of nitrogens with zero attached hydrogens (tertiary/aromatic N) is 4. The number of ether oxygens (including phenoxy) is 1. The molecule has 0 aliphatic heterocycles. The van der Waals surface area contributed by atoms with Crippen molar-refractivity contribution in [3.05, 3.63) is 40.6 Å². The number of rotatable bonds is 2. The smallest absolute Gasteiger partial charge is 0.358 e. The lowest BCUT2D eigenvalue weighted by atomic mass is 10.4. The highest BCUT2D eigenvalue weighted by molar-refractivity contribution is 5.86. The summed E-state index contributed by atoms with van der Waals surface area (Å²) in [6.45, 7) is 0. The van der Waals surface area contributed by atoms with Crippen LogP contribution in [-0.2, 0) is 11.8 Å². The summed E-state index contributed by atoms with van der Waals surface area (Å²) >= 11 is 0. The Kier molecular flexibility index (Phi) is 2.73. The molecule has 0 unspecified atom stereocenters. The van der Waals surface area contributed by atoms with Gasteiger partial charge in [0, 0.05) is 13.1 Å². The first-order chi connectivity index (χ1) is 8.11. The summed E-state index contributed by atoms with van der Waals surface area (Å²) in [5.74, 6) is -0.595. The zero-order valence-corrected chi connectivity index (χ0v) is 9.32. The third-order valence-electron chi connectivity index (χ3n) is 2.13. The van der Waals surface area contributed by atoms with Crippen molar-refractivity contribution in [2.24, 2.45) is 7.05 Å². The fourth-order valence-electron chi connectivity index (χ4n) is 1.33. The maximum absolute atomic E-state index is 11.6. The fourth-order valence-corrected chi connectivity index (χ4v) is 1.33. The molecule has 2 rings (SSSR count). The van der Waals surface area contributed by atoms with Gasteiger partial charge in [-0.05, 0) is 6.07 Å². The molecule has 0 spiro atoms. The van der Waals surface area contributed by atoms with Gasteiger partial charge >= 0.3 is 5.97 Å². The minimum atomic E-state index is -0.595. The van der Waals surface area contributed by atoms with Crippen molar-refractivity contribution in [1.29, 1.82) is 0 Å². The van der Waals surface area contributed by atoms with Crippen LogP contribution in [0, 0.1) is 0 Å². The van der Waals surface area contributed by atoms with E-state index in [2.05, 4.69) is 14.9 Å². The van der Waals surface area contributed by atoms with Gasteiger partial charge in [-0.15, -0.1) is 0 Å². The molecule has 0 aliphatic carbocycles. The van der Waals surface area contributed by atoms with Crippen LogP contribution in [0.2, 0.25) is 0 Å². The number of carbonyl (C=O) groups is 1. The van der Waals surface area contributed by atoms with Gasteiger partial charge in [-0.1, -0.05) is 0 Å². The second-order valence-electron chi connectivity index (χ2n) is 3.33. The van der Waals surface area contributed by atoms with E-state index in [4.69, 9.17) is 0 Å². The first kappa shape index (κ1) is 11.1. The summed E-state index contributed by atoms with van der Waals surface area (Å²) < 4.78 is 7.17. The molecular weight excluding hydrogens is 224 g/mol. The van der Waals surface area contributed by atoms with E-state index >= 15 is 0 Å². The van der Waals surface area contributed by atoms with Gasteiger partial charge in [-0.3, -0.25) is 9.48 Å². The van der Waals surface area contributed by atoms with E-state index in [1.165, 1.54) is 30.1 Å². The summed E-state index contributed by atoms with van der Waals surface area (Å²) in [6.07, 6.45) is 3.10. The molecule has 0 aromatic carbocycles. The number of aromatic nitrogens is 4. The van der Waals surface area contributed by atoms with Crippen LogP contribution in [0.5, 0.6) is 0 Å². The van der Waals surface area contributed by atoms with Crippen LogP contribution in [0.25, 0.3) is 5.69 Å². The van der Waals surface area contributed by atoms with Crippen LogP contribution >= 0.6 is 0 Å². The lowest BCUT2D eigenvalue weighted by molar-refractivity contribution is 0.0591. The summed E-state index contributed by atoms with van der Waals surface area (Å²) in [5, 5.41) is 7.83. The lowest BCUT2D eigenvalue weighted by Crippen LogP contribution is -2.22. The molecule has 7 heteroatoms. The molecule has 0 radical (unpaired) electrons. The zero-order chi connectivity index (χ0) is 12.4. The van der Waals surface area contributed by atoms with E-state index in [1.807, 2.05) is 0 Å². The number of methoxy groups -OCH3 is 1. The van der Waals surface area contributed by atoms with E-state index in [1.54, 1.807) is 13.2 Å². The highest BCUT2D eigenvalue weighted by atomic mass is 16.5. The Morgan fingerprint density at radius 1 is 1.41 bits per heavy atom. The topological polar surface area (TPSA) is 79.0 Å². The predicted octanol–water partition coefficient (Wildman–Crippen LogP) is -0.247. The van der Waals surface area contributed by atoms with Gasteiger partial charge in [0.2, 0.25) is 0 Å². The number of carbonyl (C=O) groups excluding carboxylic acids is 1. The third-order valence-corrected chi connectivity index (χ3v) is 2.13. The van der Waals surface area contributed by atoms with Crippen molar-refractivity contribution in [2.45, 2.75) is 0 Å². The van der Waals surface area contributed by atoms with Gasteiger partial charge in [0.05, 0.1) is 19.5 Å². The molecule has 0 atom stereocenters. The maximum Gasteiger partial charge on any atom is 0.358 e. The molecule has 0 amide bonds. The van der Waals surface area contributed by atoms with Crippen LogP contribution < -0.4 is 5.56 Å². The van der Waals surface area contributed by atoms with Crippen molar-refractivity contribution in [3.63, 3.8) is 0 Å². The Balaban J connectivity index is 2.53. The van der Waals surface area contributed by atoms with Crippen LogP contribution in [0.4, 0.5) is 0 Å². The molecule has 88 valence electrons. The fraction of sp³-hybridized carbons (Fsp3) is 0.200. The minimum Gasteiger partial charge on any atom is -0.464 e. The molecule has 7 nitrogen and oxygen atoms in total. The predicted molar refractivity (Wildman–Crippen MR) is 57.9 cm³/mol. The summed E-state index contributed by atoms with van der Waals surface area (Å²) in [4.78, 5) is 22.9. The Morgan fingerprint density at radius 2 is 2.18 bits per heavy atom. The van der Waals surface area contributed by atoms with Crippen molar-refractivity contribution in [2.75, 3.05) is 7.11 Å². The molecule has 2 aromatic heterocycles. The van der Waals surface area contributed by atoms with E-state index < -0.39 is 5.97 Å². The first-order valence-electron chi connectivity index (χ1n) is 4.79. The molecule has 0 fully saturated rings. The lowest BCUT2D eigenvalue weighted by Gasteiger charge is -2.02. The van der Waals surface area contributed by atoms with Crippen molar-refractivity contribution < 1.29 is 9.53 Å². The van der Waals surface area contributed by atoms with Gasteiger partial charge in [0.15, 0.2) is 5.69 Å². The van der Waals surface area contributed by atoms with Crippen molar-refractivity contribution in [1.82, 2.24) is 19.6 Å². The van der Waals surface area contributed by atoms with Gasteiger partial charge in [0.25, 0.3) is 5.56 Å². The Morgan fingerprint density at radius 3 is 2.76 bits per heavy atom. The van der Waals surface area contributed by atoms with Crippen molar-refractivity contribution in [3.8, 4) is 5.69 Å². The Hall–Kier alpha value is -2.44. The summed E-state index contributed by atoms with van der Waals surface area (Å²) in [6, 6.07) is 2.58. The minimum absolute atomic E-state index is 0.0657. The van der Waals surface area contributed by atoms with E-state index in [0.29, 0.717) is 5.69 Å². The summed E-state index contributed by atoms with van der Waals surface area (Å²) in [5.41, 5.74) is 0.213. The van der Waals surface area contributed by atoms with Crippen LogP contribution in [-0.4, -0.2) is 32.6 Å². The number of esters is 1. The van der Waals surface area contributed by atoms with Gasteiger partial charge in [0.1, 0.15) is 5.69 Å². The third kappa shape index (κ3) is 2.07. The Labute approximate surface area is 96.2 Å². The molecule has 2 aromatic rings.